The van der Waals surface area contributed by atoms with Crippen molar-refractivity contribution in [3.8, 4) is 28.4 Å². The van der Waals surface area contributed by atoms with Gasteiger partial charge in [-0.25, -0.2) is 0 Å². The minimum absolute atomic E-state index is 0. The number of phenols is 1. The van der Waals surface area contributed by atoms with Crippen LogP contribution in [-0.2, 0) is 24.2 Å². The highest BCUT2D eigenvalue weighted by Gasteiger charge is 2.38. The van der Waals surface area contributed by atoms with Gasteiger partial charge in [0, 0.05) is 30.4 Å². The predicted octanol–water partition coefficient (Wildman–Crippen LogP) is 5.35. The topological polar surface area (TPSA) is 153 Å². The Morgan fingerprint density at radius 1 is 0.942 bits per heavy atom. The molecule has 10 nitrogen and oxygen atoms in total. The minimum Gasteiger partial charge on any atom is -0.508 e. The monoisotopic (exact) mass is 701 g/mol. The summed E-state index contributed by atoms with van der Waals surface area (Å²) in [5, 5.41) is 23.2. The lowest BCUT2D eigenvalue weighted by molar-refractivity contribution is -0.127. The highest BCUT2D eigenvalue weighted by molar-refractivity contribution is 5.99. The van der Waals surface area contributed by atoms with Crippen LogP contribution in [0.1, 0.15) is 55.5 Å². The van der Waals surface area contributed by atoms with Gasteiger partial charge in [-0.15, -0.1) is 0 Å². The van der Waals surface area contributed by atoms with Crippen molar-refractivity contribution in [3.63, 3.8) is 0 Å². The number of rotatable bonds is 8. The van der Waals surface area contributed by atoms with E-state index in [0.717, 1.165) is 50.2 Å². The summed E-state index contributed by atoms with van der Waals surface area (Å²) >= 11 is 0. The molecule has 1 aromatic heterocycles. The Balaban J connectivity index is 0.00000464. The Hall–Kier alpha value is -5.71. The van der Waals surface area contributed by atoms with Gasteiger partial charge < -0.3 is 35.4 Å². The number of pyridine rings is 1. The number of aliphatic hydroxyl groups excluding tert-OH is 1. The first kappa shape index (κ1) is 36.1. The molecule has 0 aliphatic carbocycles. The van der Waals surface area contributed by atoms with E-state index >= 15 is 0 Å². The van der Waals surface area contributed by atoms with Crippen molar-refractivity contribution < 1.29 is 34.8 Å². The number of benzene rings is 4. The van der Waals surface area contributed by atoms with E-state index in [0.29, 0.717) is 30.1 Å². The SMILES string of the molecule is Cc1ccccc1C(=O)N1Cc2cc3c(cc2C[C@H]1C(=O)N[C@H](CO)Cc1ccc(-c2ccnc(C)c2C)cc1)OC[C@H](c1ccc(O)cc1)O3.O. The van der Waals surface area contributed by atoms with Gasteiger partial charge in [-0.05, 0) is 108 Å². The molecule has 3 atom stereocenters. The normalized spacial score (nSPS) is 16.7. The summed E-state index contributed by atoms with van der Waals surface area (Å²) in [5.41, 5.74) is 9.26. The molecule has 5 N–H and O–H groups in total. The van der Waals surface area contributed by atoms with E-state index in [9.17, 15) is 19.8 Å². The number of ether oxygens (including phenoxy) is 2. The van der Waals surface area contributed by atoms with Crippen molar-refractivity contribution in [2.45, 2.75) is 58.3 Å². The lowest BCUT2D eigenvalue weighted by Gasteiger charge is -2.38. The zero-order chi connectivity index (χ0) is 35.6. The number of hydrogen-bond acceptors (Lipinski definition) is 7. The Morgan fingerprint density at radius 2 is 1.67 bits per heavy atom. The van der Waals surface area contributed by atoms with Gasteiger partial charge in [0.05, 0.1) is 12.6 Å². The fraction of sp³-hybridized carbons (Fsp3) is 0.262. The van der Waals surface area contributed by atoms with Crippen LogP contribution in [0.2, 0.25) is 0 Å². The molecular weight excluding hydrogens is 658 g/mol. The van der Waals surface area contributed by atoms with Crippen LogP contribution >= 0.6 is 0 Å². The first-order valence-electron chi connectivity index (χ1n) is 17.2. The van der Waals surface area contributed by atoms with Crippen molar-refractivity contribution in [1.29, 1.82) is 0 Å². The van der Waals surface area contributed by atoms with E-state index < -0.39 is 12.1 Å². The van der Waals surface area contributed by atoms with Crippen LogP contribution in [0.4, 0.5) is 0 Å². The molecule has 52 heavy (non-hydrogen) atoms. The fourth-order valence-electron chi connectivity index (χ4n) is 6.94. The third-order valence-electron chi connectivity index (χ3n) is 10.0. The summed E-state index contributed by atoms with van der Waals surface area (Å²) in [5.74, 6) is 0.741. The first-order valence-corrected chi connectivity index (χ1v) is 17.2. The number of amides is 2. The number of nitrogens with zero attached hydrogens (tertiary/aromatic N) is 2. The molecule has 2 aliphatic rings. The van der Waals surface area contributed by atoms with E-state index in [-0.39, 0.29) is 48.7 Å². The van der Waals surface area contributed by atoms with Gasteiger partial charge in [0.2, 0.25) is 5.91 Å². The third-order valence-corrected chi connectivity index (χ3v) is 10.0. The molecule has 0 saturated heterocycles. The van der Waals surface area contributed by atoms with Gasteiger partial charge in [-0.2, -0.15) is 0 Å². The van der Waals surface area contributed by atoms with E-state index in [1.165, 1.54) is 0 Å². The van der Waals surface area contributed by atoms with Gasteiger partial charge >= 0.3 is 0 Å². The largest absolute Gasteiger partial charge is 0.508 e. The molecule has 5 aromatic rings. The zero-order valence-electron chi connectivity index (χ0n) is 29.4. The van der Waals surface area contributed by atoms with Crippen LogP contribution in [0.3, 0.4) is 0 Å². The number of fused-ring (bicyclic) bond motifs is 2. The molecule has 7 rings (SSSR count). The van der Waals surface area contributed by atoms with Crippen LogP contribution in [0.25, 0.3) is 11.1 Å². The standard InChI is InChI=1S/C42H41N3O6.H2O/c1-25-6-4-5-7-35(25)42(49)45-22-32-21-39-38(50-24-40(51-39)30-12-14-34(47)15-13-30)20-31(32)19-37(45)41(48)44-33(23-46)18-28-8-10-29(11-9-28)36-16-17-43-27(3)26(36)2;/h4-17,20-21,33,37,40,46-47H,18-19,22-24H2,1-3H3,(H,44,48);1H2/t33-,37-,40+;/m0./s1. The van der Waals surface area contributed by atoms with Gasteiger partial charge in [-0.3, -0.25) is 14.6 Å². The van der Waals surface area contributed by atoms with Crippen LogP contribution < -0.4 is 14.8 Å². The highest BCUT2D eigenvalue weighted by atomic mass is 16.6. The first-order chi connectivity index (χ1) is 24.7. The smallest absolute Gasteiger partial charge is 0.255 e. The zero-order valence-corrected chi connectivity index (χ0v) is 29.4. The fourth-order valence-corrected chi connectivity index (χ4v) is 6.94. The Bertz CT molecular complexity index is 2080. The molecular formula is C42H43N3O7. The lowest BCUT2D eigenvalue weighted by Crippen LogP contribution is -2.55. The summed E-state index contributed by atoms with van der Waals surface area (Å²) in [6.07, 6.45) is 2.14. The van der Waals surface area contributed by atoms with Gasteiger partial charge in [0.25, 0.3) is 5.91 Å². The maximum Gasteiger partial charge on any atom is 0.255 e. The van der Waals surface area contributed by atoms with Crippen LogP contribution in [0.15, 0.2) is 97.2 Å². The Kier molecular flexibility index (Phi) is 10.6. The van der Waals surface area contributed by atoms with Crippen molar-refractivity contribution in [2.24, 2.45) is 0 Å². The predicted molar refractivity (Wildman–Crippen MR) is 197 cm³/mol. The molecule has 4 aromatic carbocycles. The average Bonchev–Trinajstić information content (AvgIpc) is 3.14. The number of aromatic nitrogens is 1. The summed E-state index contributed by atoms with van der Waals surface area (Å²) in [4.78, 5) is 34.3. The highest BCUT2D eigenvalue weighted by Crippen LogP contribution is 2.41. The van der Waals surface area contributed by atoms with Crippen molar-refractivity contribution >= 4 is 11.8 Å². The lowest BCUT2D eigenvalue weighted by atomic mass is 9.91. The molecule has 0 unspecified atom stereocenters. The number of aryl methyl sites for hydroxylation is 2. The molecule has 0 fully saturated rings. The summed E-state index contributed by atoms with van der Waals surface area (Å²) in [7, 11) is 0. The molecule has 10 heteroatoms. The Morgan fingerprint density at radius 3 is 2.40 bits per heavy atom. The number of nitrogens with one attached hydrogen (secondary N) is 1. The molecule has 0 bridgehead atoms. The number of hydrogen-bond donors (Lipinski definition) is 3. The molecule has 0 radical (unpaired) electrons. The van der Waals surface area contributed by atoms with E-state index in [1.54, 1.807) is 35.2 Å². The second-order valence-corrected chi connectivity index (χ2v) is 13.4. The maximum absolute atomic E-state index is 14.2. The number of aromatic hydroxyl groups is 1. The van der Waals surface area contributed by atoms with Crippen LogP contribution in [0, 0.1) is 20.8 Å². The minimum atomic E-state index is -0.814. The van der Waals surface area contributed by atoms with E-state index in [4.69, 9.17) is 9.47 Å². The third kappa shape index (κ3) is 7.35. The van der Waals surface area contributed by atoms with Crippen molar-refractivity contribution in [1.82, 2.24) is 15.2 Å². The summed E-state index contributed by atoms with van der Waals surface area (Å²) in [6.45, 7) is 6.17. The molecule has 2 amide bonds. The summed E-state index contributed by atoms with van der Waals surface area (Å²) in [6, 6.07) is 26.8. The van der Waals surface area contributed by atoms with E-state index in [1.807, 2.05) is 80.7 Å². The quantitative estimate of drug-likeness (QED) is 0.197. The summed E-state index contributed by atoms with van der Waals surface area (Å²) < 4.78 is 12.5. The number of carbonyl (C=O) groups is 2. The molecule has 0 spiro atoms. The van der Waals surface area contributed by atoms with E-state index in [2.05, 4.69) is 17.2 Å². The van der Waals surface area contributed by atoms with Crippen molar-refractivity contribution in [3.05, 3.63) is 142 Å². The maximum atomic E-state index is 14.2. The number of aliphatic hydroxyl groups is 1. The van der Waals surface area contributed by atoms with Gasteiger partial charge in [0.1, 0.15) is 18.4 Å². The van der Waals surface area contributed by atoms with Crippen molar-refractivity contribution in [2.75, 3.05) is 13.2 Å². The molecule has 268 valence electrons. The molecule has 2 aliphatic heterocycles. The van der Waals surface area contributed by atoms with Crippen LogP contribution in [-0.4, -0.2) is 62.7 Å². The van der Waals surface area contributed by atoms with Gasteiger partial charge in [0.15, 0.2) is 17.6 Å². The second kappa shape index (κ2) is 15.3. The van der Waals surface area contributed by atoms with Crippen LogP contribution in [0.5, 0.6) is 17.2 Å². The van der Waals surface area contributed by atoms with Gasteiger partial charge in [-0.1, -0.05) is 54.6 Å². The average molecular weight is 702 g/mol. The number of phenolic OH excluding ortho intramolecular Hbond substituents is 1. The second-order valence-electron chi connectivity index (χ2n) is 13.4. The Labute approximate surface area is 303 Å². The molecule has 3 heterocycles. The molecule has 0 saturated carbocycles. The number of carbonyl (C=O) groups excluding carboxylic acids is 2.